The number of thiophene rings is 1. The molecule has 0 bridgehead atoms. The molecule has 1 atom stereocenters. The van der Waals surface area contributed by atoms with Crippen molar-refractivity contribution in [2.24, 2.45) is 0 Å². The van der Waals surface area contributed by atoms with Crippen molar-refractivity contribution in [3.05, 3.63) is 17.5 Å². The summed E-state index contributed by atoms with van der Waals surface area (Å²) in [4.78, 5) is 0. The number of nitrogens with one attached hydrogen (secondary N) is 1. The van der Waals surface area contributed by atoms with Crippen molar-refractivity contribution in [2.45, 2.75) is 23.6 Å². The van der Waals surface area contributed by atoms with Gasteiger partial charge in [-0.05, 0) is 24.4 Å². The molecule has 0 saturated carbocycles. The Labute approximate surface area is 93.3 Å². The first-order valence-electron chi connectivity index (χ1n) is 4.66. The summed E-state index contributed by atoms with van der Waals surface area (Å²) in [7, 11) is 0. The number of rotatable bonds is 6. The van der Waals surface area contributed by atoms with E-state index in [1.807, 2.05) is 18.7 Å². The van der Waals surface area contributed by atoms with Crippen molar-refractivity contribution in [1.82, 2.24) is 5.32 Å². The second-order valence-corrected chi connectivity index (χ2v) is 5.15. The molecule has 1 aromatic rings. The van der Waals surface area contributed by atoms with Gasteiger partial charge < -0.3 is 5.32 Å². The van der Waals surface area contributed by atoms with Crippen LogP contribution in [0.3, 0.4) is 0 Å². The Morgan fingerprint density at radius 3 is 3.14 bits per heavy atom. The second-order valence-electron chi connectivity index (χ2n) is 2.81. The largest absolute Gasteiger partial charge is 0.302 e. The van der Waals surface area contributed by atoms with E-state index in [1.165, 1.54) is 4.21 Å². The predicted molar refractivity (Wildman–Crippen MR) is 62.7 cm³/mol. The minimum Gasteiger partial charge on any atom is -0.302 e. The fraction of sp³-hybridized carbons (Fsp3) is 0.500. The quantitative estimate of drug-likeness (QED) is 0.758. The maximum atomic E-state index is 8.80. The van der Waals surface area contributed by atoms with E-state index in [9.17, 15) is 0 Å². The summed E-state index contributed by atoms with van der Waals surface area (Å²) in [5, 5.41) is 14.0. The summed E-state index contributed by atoms with van der Waals surface area (Å²) in [6, 6.07) is 6.44. The zero-order chi connectivity index (χ0) is 10.2. The summed E-state index contributed by atoms with van der Waals surface area (Å²) in [5.74, 6) is 1.01. The summed E-state index contributed by atoms with van der Waals surface area (Å²) >= 11 is 3.58. The van der Waals surface area contributed by atoms with Gasteiger partial charge in [0, 0.05) is 5.75 Å². The fourth-order valence-corrected chi connectivity index (χ4v) is 2.95. The molecule has 0 fully saturated rings. The van der Waals surface area contributed by atoms with Crippen molar-refractivity contribution in [1.29, 1.82) is 5.26 Å². The van der Waals surface area contributed by atoms with Gasteiger partial charge in [0.2, 0.25) is 0 Å². The Hall–Kier alpha value is -0.500. The molecule has 14 heavy (non-hydrogen) atoms. The lowest BCUT2D eigenvalue weighted by Crippen LogP contribution is -2.27. The minimum absolute atomic E-state index is 0.00691. The highest BCUT2D eigenvalue weighted by Crippen LogP contribution is 2.24. The standard InChI is InChI=1S/C10H14N2S2/c1-2-12-9(8-11)5-7-14-10-4-3-6-13-10/h3-4,6,9,12H,2,5,7H2,1H3. The van der Waals surface area contributed by atoms with E-state index in [0.29, 0.717) is 0 Å². The molecule has 4 heteroatoms. The molecular formula is C10H14N2S2. The summed E-state index contributed by atoms with van der Waals surface area (Å²) in [6.07, 6.45) is 0.910. The fourth-order valence-electron chi connectivity index (χ4n) is 1.08. The smallest absolute Gasteiger partial charge is 0.0960 e. The van der Waals surface area contributed by atoms with Crippen molar-refractivity contribution < 1.29 is 0 Å². The monoisotopic (exact) mass is 226 g/mol. The molecule has 0 aliphatic rings. The SMILES string of the molecule is CCNC(C#N)CCSc1cccs1. The number of thioether (sulfide) groups is 1. The minimum atomic E-state index is 0.00691. The van der Waals surface area contributed by atoms with Crippen LogP contribution in [0.5, 0.6) is 0 Å². The average Bonchev–Trinajstić information content (AvgIpc) is 2.69. The third kappa shape index (κ3) is 4.14. The Bertz CT molecular complexity index is 277. The number of nitrogens with zero attached hydrogens (tertiary/aromatic N) is 1. The van der Waals surface area contributed by atoms with E-state index in [4.69, 9.17) is 5.26 Å². The Kier molecular flexibility index (Phi) is 5.69. The topological polar surface area (TPSA) is 35.8 Å². The molecule has 1 rings (SSSR count). The molecule has 0 spiro atoms. The maximum Gasteiger partial charge on any atom is 0.0960 e. The molecule has 1 heterocycles. The average molecular weight is 226 g/mol. The zero-order valence-electron chi connectivity index (χ0n) is 8.19. The first-order valence-corrected chi connectivity index (χ1v) is 6.52. The Balaban J connectivity index is 2.17. The van der Waals surface area contributed by atoms with Gasteiger partial charge in [0.1, 0.15) is 0 Å². The number of hydrogen-bond donors (Lipinski definition) is 1. The zero-order valence-corrected chi connectivity index (χ0v) is 9.83. The summed E-state index contributed by atoms with van der Waals surface area (Å²) < 4.78 is 1.33. The Morgan fingerprint density at radius 1 is 1.71 bits per heavy atom. The lowest BCUT2D eigenvalue weighted by Gasteiger charge is -2.07. The van der Waals surface area contributed by atoms with Gasteiger partial charge in [-0.15, -0.1) is 23.1 Å². The molecule has 76 valence electrons. The molecule has 1 aromatic heterocycles. The summed E-state index contributed by atoms with van der Waals surface area (Å²) in [5.41, 5.74) is 0. The first-order chi connectivity index (χ1) is 6.86. The van der Waals surface area contributed by atoms with Gasteiger partial charge in [0.25, 0.3) is 0 Å². The van der Waals surface area contributed by atoms with Crippen LogP contribution in [0.4, 0.5) is 0 Å². The van der Waals surface area contributed by atoms with Crippen LogP contribution in [-0.2, 0) is 0 Å². The van der Waals surface area contributed by atoms with Crippen molar-refractivity contribution in [3.63, 3.8) is 0 Å². The van der Waals surface area contributed by atoms with Crippen molar-refractivity contribution in [2.75, 3.05) is 12.3 Å². The van der Waals surface area contributed by atoms with E-state index in [-0.39, 0.29) is 6.04 Å². The molecule has 1 unspecified atom stereocenters. The lowest BCUT2D eigenvalue weighted by atomic mass is 10.2. The van der Waals surface area contributed by atoms with E-state index >= 15 is 0 Å². The van der Waals surface area contributed by atoms with Gasteiger partial charge in [0.15, 0.2) is 0 Å². The third-order valence-corrected chi connectivity index (χ3v) is 3.92. The second kappa shape index (κ2) is 6.88. The highest BCUT2D eigenvalue weighted by molar-refractivity contribution is 8.01. The van der Waals surface area contributed by atoms with Crippen molar-refractivity contribution >= 4 is 23.1 Å². The van der Waals surface area contributed by atoms with Gasteiger partial charge in [-0.3, -0.25) is 0 Å². The van der Waals surface area contributed by atoms with Crippen LogP contribution in [0.25, 0.3) is 0 Å². The maximum absolute atomic E-state index is 8.80. The molecule has 0 saturated heterocycles. The number of hydrogen-bond acceptors (Lipinski definition) is 4. The summed E-state index contributed by atoms with van der Waals surface area (Å²) in [6.45, 7) is 2.89. The third-order valence-electron chi connectivity index (χ3n) is 1.75. The van der Waals surface area contributed by atoms with Gasteiger partial charge in [0.05, 0.1) is 16.3 Å². The van der Waals surface area contributed by atoms with E-state index in [2.05, 4.69) is 28.9 Å². The van der Waals surface area contributed by atoms with Crippen LogP contribution in [-0.4, -0.2) is 18.3 Å². The van der Waals surface area contributed by atoms with Crippen molar-refractivity contribution in [3.8, 4) is 6.07 Å². The predicted octanol–water partition coefficient (Wildman–Crippen LogP) is 2.73. The van der Waals surface area contributed by atoms with Crippen LogP contribution in [0.1, 0.15) is 13.3 Å². The van der Waals surface area contributed by atoms with Crippen LogP contribution in [0.2, 0.25) is 0 Å². The van der Waals surface area contributed by atoms with Gasteiger partial charge >= 0.3 is 0 Å². The van der Waals surface area contributed by atoms with Crippen LogP contribution in [0, 0.1) is 11.3 Å². The molecular weight excluding hydrogens is 212 g/mol. The molecule has 1 N–H and O–H groups in total. The Morgan fingerprint density at radius 2 is 2.57 bits per heavy atom. The molecule has 2 nitrogen and oxygen atoms in total. The molecule has 0 aromatic carbocycles. The van der Waals surface area contributed by atoms with E-state index in [0.717, 1.165) is 18.7 Å². The molecule has 0 aliphatic carbocycles. The van der Waals surface area contributed by atoms with Gasteiger partial charge in [-0.1, -0.05) is 13.0 Å². The van der Waals surface area contributed by atoms with Gasteiger partial charge in [-0.2, -0.15) is 5.26 Å². The van der Waals surface area contributed by atoms with Crippen LogP contribution < -0.4 is 5.32 Å². The number of nitriles is 1. The molecule has 0 radical (unpaired) electrons. The lowest BCUT2D eigenvalue weighted by molar-refractivity contribution is 0.613. The highest BCUT2D eigenvalue weighted by atomic mass is 32.2. The first kappa shape index (κ1) is 11.6. The van der Waals surface area contributed by atoms with E-state index < -0.39 is 0 Å². The van der Waals surface area contributed by atoms with Crippen LogP contribution >= 0.6 is 23.1 Å². The van der Waals surface area contributed by atoms with Gasteiger partial charge in [-0.25, -0.2) is 0 Å². The normalized spacial score (nSPS) is 12.3. The highest BCUT2D eigenvalue weighted by Gasteiger charge is 2.04. The molecule has 0 aliphatic heterocycles. The van der Waals surface area contributed by atoms with E-state index in [1.54, 1.807) is 11.3 Å². The molecule has 0 amide bonds. The van der Waals surface area contributed by atoms with Crippen LogP contribution in [0.15, 0.2) is 21.7 Å².